The molecule has 4 heteroatoms. The molecule has 0 bridgehead atoms. The van der Waals surface area contributed by atoms with E-state index < -0.39 is 0 Å². The molecule has 1 N–H and O–H groups in total. The van der Waals surface area contributed by atoms with Crippen molar-refractivity contribution in [3.8, 4) is 0 Å². The van der Waals surface area contributed by atoms with Crippen LogP contribution < -0.4 is 10.2 Å². The van der Waals surface area contributed by atoms with Crippen LogP contribution in [0.3, 0.4) is 0 Å². The number of pyridine rings is 2. The number of nitrogens with one attached hydrogen (secondary N) is 1. The lowest BCUT2D eigenvalue weighted by molar-refractivity contribution is 0.523. The highest BCUT2D eigenvalue weighted by Gasteiger charge is 2.20. The average Bonchev–Trinajstić information content (AvgIpc) is 2.52. The van der Waals surface area contributed by atoms with Crippen molar-refractivity contribution in [3.05, 3.63) is 47.9 Å². The lowest BCUT2D eigenvalue weighted by Gasteiger charge is -2.33. The van der Waals surface area contributed by atoms with E-state index in [1.54, 1.807) is 0 Å². The minimum absolute atomic E-state index is 0.521. The Morgan fingerprint density at radius 1 is 1.10 bits per heavy atom. The summed E-state index contributed by atoms with van der Waals surface area (Å²) in [6.45, 7) is 6.19. The molecule has 0 atom stereocenters. The smallest absolute Gasteiger partial charge is 0.128 e. The van der Waals surface area contributed by atoms with Crippen molar-refractivity contribution < 1.29 is 0 Å². The number of rotatable bonds is 3. The SMILES string of the molecule is Cc1ccc(NC2CCN(c3ccccn3)CC2)c(C)n1. The van der Waals surface area contributed by atoms with Crippen molar-refractivity contribution >= 4 is 11.5 Å². The second kappa shape index (κ2) is 6.12. The standard InChI is InChI=1S/C17H22N4/c1-13-6-7-16(14(2)19-13)20-15-8-11-21(12-9-15)17-5-3-4-10-18-17/h3-7,10,15,20H,8-9,11-12H2,1-2H3. The Morgan fingerprint density at radius 3 is 2.57 bits per heavy atom. The van der Waals surface area contributed by atoms with E-state index in [1.807, 2.05) is 25.3 Å². The van der Waals surface area contributed by atoms with E-state index >= 15 is 0 Å². The molecule has 0 aromatic carbocycles. The Balaban J connectivity index is 1.59. The largest absolute Gasteiger partial charge is 0.381 e. The van der Waals surface area contributed by atoms with Gasteiger partial charge in [-0.05, 0) is 51.0 Å². The van der Waals surface area contributed by atoms with E-state index in [9.17, 15) is 0 Å². The first-order valence-electron chi connectivity index (χ1n) is 7.59. The zero-order chi connectivity index (χ0) is 14.7. The fourth-order valence-corrected chi connectivity index (χ4v) is 2.85. The highest BCUT2D eigenvalue weighted by molar-refractivity contribution is 5.49. The molecule has 0 amide bonds. The van der Waals surface area contributed by atoms with Crippen LogP contribution in [0.15, 0.2) is 36.5 Å². The van der Waals surface area contributed by atoms with E-state index in [4.69, 9.17) is 0 Å². The number of anilines is 2. The zero-order valence-corrected chi connectivity index (χ0v) is 12.7. The van der Waals surface area contributed by atoms with Crippen LogP contribution in [-0.4, -0.2) is 29.1 Å². The summed E-state index contributed by atoms with van der Waals surface area (Å²) in [5.41, 5.74) is 3.32. The quantitative estimate of drug-likeness (QED) is 0.939. The van der Waals surface area contributed by atoms with E-state index in [2.05, 4.69) is 45.3 Å². The van der Waals surface area contributed by atoms with Gasteiger partial charge in [-0.25, -0.2) is 4.98 Å². The fourth-order valence-electron chi connectivity index (χ4n) is 2.85. The molecule has 0 radical (unpaired) electrons. The number of aromatic nitrogens is 2. The van der Waals surface area contributed by atoms with Gasteiger partial charge in [0.05, 0.1) is 11.4 Å². The van der Waals surface area contributed by atoms with E-state index in [0.29, 0.717) is 6.04 Å². The number of piperidine rings is 1. The van der Waals surface area contributed by atoms with Crippen molar-refractivity contribution in [2.45, 2.75) is 32.7 Å². The minimum Gasteiger partial charge on any atom is -0.381 e. The summed E-state index contributed by atoms with van der Waals surface area (Å²) in [5, 5.41) is 3.64. The van der Waals surface area contributed by atoms with Crippen LogP contribution in [0.1, 0.15) is 24.2 Å². The molecule has 1 aliphatic rings. The molecule has 2 aromatic heterocycles. The average molecular weight is 282 g/mol. The van der Waals surface area contributed by atoms with Crippen LogP contribution in [0.2, 0.25) is 0 Å². The Kier molecular flexibility index (Phi) is 4.04. The van der Waals surface area contributed by atoms with Gasteiger partial charge in [-0.15, -0.1) is 0 Å². The van der Waals surface area contributed by atoms with Gasteiger partial charge < -0.3 is 10.2 Å². The van der Waals surface area contributed by atoms with Gasteiger partial charge in [0.25, 0.3) is 0 Å². The highest BCUT2D eigenvalue weighted by atomic mass is 15.2. The number of hydrogen-bond acceptors (Lipinski definition) is 4. The summed E-state index contributed by atoms with van der Waals surface area (Å²) in [6.07, 6.45) is 4.12. The molecule has 4 nitrogen and oxygen atoms in total. The molecule has 110 valence electrons. The molecule has 0 unspecified atom stereocenters. The van der Waals surface area contributed by atoms with Crippen molar-refractivity contribution in [1.29, 1.82) is 0 Å². The third-order valence-electron chi connectivity index (χ3n) is 4.05. The summed E-state index contributed by atoms with van der Waals surface area (Å²) in [7, 11) is 0. The first-order chi connectivity index (χ1) is 10.2. The maximum absolute atomic E-state index is 4.52. The topological polar surface area (TPSA) is 41.0 Å². The van der Waals surface area contributed by atoms with Crippen molar-refractivity contribution in [1.82, 2.24) is 9.97 Å². The van der Waals surface area contributed by atoms with Gasteiger partial charge in [0.15, 0.2) is 0 Å². The van der Waals surface area contributed by atoms with Gasteiger partial charge >= 0.3 is 0 Å². The summed E-state index contributed by atoms with van der Waals surface area (Å²) in [4.78, 5) is 11.3. The van der Waals surface area contributed by atoms with E-state index in [0.717, 1.165) is 48.8 Å². The number of hydrogen-bond donors (Lipinski definition) is 1. The lowest BCUT2D eigenvalue weighted by Crippen LogP contribution is -2.39. The molecular weight excluding hydrogens is 260 g/mol. The monoisotopic (exact) mass is 282 g/mol. The van der Waals surface area contributed by atoms with Gasteiger partial charge in [-0.3, -0.25) is 4.98 Å². The van der Waals surface area contributed by atoms with Crippen molar-refractivity contribution in [2.24, 2.45) is 0 Å². The Morgan fingerprint density at radius 2 is 1.90 bits per heavy atom. The molecule has 3 rings (SSSR count). The molecule has 0 saturated carbocycles. The van der Waals surface area contributed by atoms with Crippen LogP contribution in [0, 0.1) is 13.8 Å². The molecule has 3 heterocycles. The fraction of sp³-hybridized carbons (Fsp3) is 0.412. The second-order valence-corrected chi connectivity index (χ2v) is 5.68. The normalized spacial score (nSPS) is 16.0. The first kappa shape index (κ1) is 13.9. The predicted molar refractivity (Wildman–Crippen MR) is 86.8 cm³/mol. The third-order valence-corrected chi connectivity index (χ3v) is 4.05. The predicted octanol–water partition coefficient (Wildman–Crippen LogP) is 3.17. The summed E-state index contributed by atoms with van der Waals surface area (Å²) in [6, 6.07) is 10.8. The van der Waals surface area contributed by atoms with Crippen LogP contribution in [0.5, 0.6) is 0 Å². The van der Waals surface area contributed by atoms with Crippen molar-refractivity contribution in [3.63, 3.8) is 0 Å². The molecule has 21 heavy (non-hydrogen) atoms. The molecule has 2 aromatic rings. The highest BCUT2D eigenvalue weighted by Crippen LogP contribution is 2.21. The molecule has 1 fully saturated rings. The van der Waals surface area contributed by atoms with Crippen LogP contribution >= 0.6 is 0 Å². The zero-order valence-electron chi connectivity index (χ0n) is 12.7. The Bertz CT molecular complexity index is 589. The minimum atomic E-state index is 0.521. The van der Waals surface area contributed by atoms with E-state index in [1.165, 1.54) is 0 Å². The summed E-state index contributed by atoms with van der Waals surface area (Å²) >= 11 is 0. The van der Waals surface area contributed by atoms with Gasteiger partial charge in [0.2, 0.25) is 0 Å². The van der Waals surface area contributed by atoms with Crippen LogP contribution in [-0.2, 0) is 0 Å². The summed E-state index contributed by atoms with van der Waals surface area (Å²) in [5.74, 6) is 1.09. The Labute approximate surface area is 126 Å². The number of nitrogens with zero attached hydrogens (tertiary/aromatic N) is 3. The maximum Gasteiger partial charge on any atom is 0.128 e. The van der Waals surface area contributed by atoms with Gasteiger partial charge in [0, 0.05) is 31.0 Å². The van der Waals surface area contributed by atoms with Crippen LogP contribution in [0.4, 0.5) is 11.5 Å². The van der Waals surface area contributed by atoms with Gasteiger partial charge in [-0.2, -0.15) is 0 Å². The molecule has 1 saturated heterocycles. The Hall–Kier alpha value is -2.10. The van der Waals surface area contributed by atoms with E-state index in [-0.39, 0.29) is 0 Å². The second-order valence-electron chi connectivity index (χ2n) is 5.68. The van der Waals surface area contributed by atoms with Gasteiger partial charge in [0.1, 0.15) is 5.82 Å². The van der Waals surface area contributed by atoms with Crippen molar-refractivity contribution in [2.75, 3.05) is 23.3 Å². The molecular formula is C17H22N4. The lowest BCUT2D eigenvalue weighted by atomic mass is 10.0. The maximum atomic E-state index is 4.52. The summed E-state index contributed by atoms with van der Waals surface area (Å²) < 4.78 is 0. The molecule has 0 spiro atoms. The van der Waals surface area contributed by atoms with Crippen LogP contribution in [0.25, 0.3) is 0 Å². The molecule has 0 aliphatic carbocycles. The number of aryl methyl sites for hydroxylation is 2. The van der Waals surface area contributed by atoms with Gasteiger partial charge in [-0.1, -0.05) is 6.07 Å². The first-order valence-corrected chi connectivity index (χ1v) is 7.59. The molecule has 1 aliphatic heterocycles. The third kappa shape index (κ3) is 3.32.